The van der Waals surface area contributed by atoms with Crippen LogP contribution in [0.1, 0.15) is 15.9 Å². The van der Waals surface area contributed by atoms with Gasteiger partial charge in [0.1, 0.15) is 0 Å². The fourth-order valence-corrected chi connectivity index (χ4v) is 1.58. The van der Waals surface area contributed by atoms with Crippen molar-refractivity contribution in [1.82, 2.24) is 4.98 Å². The minimum Gasteiger partial charge on any atom is -0.490 e. The highest BCUT2D eigenvalue weighted by Gasteiger charge is 2.09. The Labute approximate surface area is 109 Å². The van der Waals surface area contributed by atoms with E-state index in [1.54, 1.807) is 12.4 Å². The molecule has 1 heterocycles. The number of carboxylic acids is 1. The monoisotopic (exact) mass is 261 g/mol. The lowest BCUT2D eigenvalue weighted by Gasteiger charge is -2.07. The van der Waals surface area contributed by atoms with Crippen molar-refractivity contribution in [2.75, 3.05) is 6.61 Å². The summed E-state index contributed by atoms with van der Waals surface area (Å²) in [5.41, 5.74) is 0.941. The van der Waals surface area contributed by atoms with Crippen LogP contribution < -0.4 is 4.74 Å². The first kappa shape index (κ1) is 13.0. The molecule has 0 aliphatic rings. The van der Waals surface area contributed by atoms with Crippen LogP contribution in [0.3, 0.4) is 0 Å². The van der Waals surface area contributed by atoms with Crippen molar-refractivity contribution in [1.29, 1.82) is 0 Å². The van der Waals surface area contributed by atoms with Gasteiger partial charge in [0.2, 0.25) is 0 Å². The molecule has 0 saturated heterocycles. The largest absolute Gasteiger partial charge is 0.490 e. The Hall–Kier alpha value is -2.43. The van der Waals surface area contributed by atoms with Crippen LogP contribution in [0.4, 0.5) is 4.39 Å². The molecule has 0 aliphatic carbocycles. The molecule has 0 fully saturated rings. The number of aromatic carboxylic acids is 1. The van der Waals surface area contributed by atoms with Crippen LogP contribution in [0.2, 0.25) is 0 Å². The third-order valence-electron chi connectivity index (χ3n) is 2.58. The number of aromatic nitrogens is 1. The molecule has 1 N–H and O–H groups in total. The molecule has 2 rings (SSSR count). The first-order valence-electron chi connectivity index (χ1n) is 5.71. The summed E-state index contributed by atoms with van der Waals surface area (Å²) in [5, 5.41) is 8.71. The fraction of sp³-hybridized carbons (Fsp3) is 0.143. The second-order valence-electron chi connectivity index (χ2n) is 3.90. The Balaban J connectivity index is 1.95. The van der Waals surface area contributed by atoms with Crippen molar-refractivity contribution in [2.45, 2.75) is 6.42 Å². The van der Waals surface area contributed by atoms with E-state index >= 15 is 0 Å². The van der Waals surface area contributed by atoms with E-state index in [0.29, 0.717) is 13.0 Å². The number of benzene rings is 1. The number of nitrogens with zero attached hydrogens (tertiary/aromatic N) is 1. The molecule has 1 aromatic heterocycles. The van der Waals surface area contributed by atoms with Gasteiger partial charge in [0.15, 0.2) is 11.6 Å². The van der Waals surface area contributed by atoms with Gasteiger partial charge in [-0.1, -0.05) is 0 Å². The zero-order valence-corrected chi connectivity index (χ0v) is 10.0. The quantitative estimate of drug-likeness (QED) is 0.898. The van der Waals surface area contributed by atoms with E-state index in [2.05, 4.69) is 4.98 Å². The first-order chi connectivity index (χ1) is 9.16. The smallest absolute Gasteiger partial charge is 0.335 e. The van der Waals surface area contributed by atoms with Crippen molar-refractivity contribution in [2.24, 2.45) is 0 Å². The lowest BCUT2D eigenvalue weighted by Crippen LogP contribution is -2.04. The van der Waals surface area contributed by atoms with E-state index in [1.165, 1.54) is 12.1 Å². The van der Waals surface area contributed by atoms with Crippen LogP contribution in [0.5, 0.6) is 5.75 Å². The summed E-state index contributed by atoms with van der Waals surface area (Å²) in [7, 11) is 0. The Morgan fingerprint density at radius 3 is 2.63 bits per heavy atom. The van der Waals surface area contributed by atoms with E-state index < -0.39 is 11.8 Å². The summed E-state index contributed by atoms with van der Waals surface area (Å²) in [5.74, 6) is -1.78. The fourth-order valence-electron chi connectivity index (χ4n) is 1.58. The van der Waals surface area contributed by atoms with Gasteiger partial charge in [-0.15, -0.1) is 0 Å². The van der Waals surface area contributed by atoms with Crippen molar-refractivity contribution in [3.05, 3.63) is 59.7 Å². The predicted molar refractivity (Wildman–Crippen MR) is 66.8 cm³/mol. The Morgan fingerprint density at radius 2 is 2.00 bits per heavy atom. The van der Waals surface area contributed by atoms with Gasteiger partial charge in [-0.2, -0.15) is 0 Å². The predicted octanol–water partition coefficient (Wildman–Crippen LogP) is 2.54. The third kappa shape index (κ3) is 3.51. The minimum absolute atomic E-state index is 0.0547. The van der Waals surface area contributed by atoms with E-state index in [0.717, 1.165) is 11.6 Å². The van der Waals surface area contributed by atoms with Crippen molar-refractivity contribution < 1.29 is 19.0 Å². The molecular formula is C14H12FNO3. The number of ether oxygens (including phenoxy) is 1. The number of carboxylic acid groups (broad SMARTS) is 1. The molecule has 0 aliphatic heterocycles. The highest BCUT2D eigenvalue weighted by Crippen LogP contribution is 2.18. The molecule has 2 aromatic rings. The standard InChI is InChI=1S/C14H12FNO3/c15-12-9-11(14(17)18)1-2-13(12)19-8-5-10-3-6-16-7-4-10/h1-4,6-7,9H,5,8H2,(H,17,18). The molecule has 4 nitrogen and oxygen atoms in total. The van der Waals surface area contributed by atoms with E-state index in [-0.39, 0.29) is 11.3 Å². The summed E-state index contributed by atoms with van der Waals surface area (Å²) in [4.78, 5) is 14.5. The Bertz CT molecular complexity index is 572. The number of rotatable bonds is 5. The summed E-state index contributed by atoms with van der Waals surface area (Å²) in [6, 6.07) is 7.29. The molecule has 0 saturated carbocycles. The van der Waals surface area contributed by atoms with E-state index in [1.807, 2.05) is 12.1 Å². The Morgan fingerprint density at radius 1 is 1.26 bits per heavy atom. The van der Waals surface area contributed by atoms with Gasteiger partial charge in [-0.25, -0.2) is 9.18 Å². The summed E-state index contributed by atoms with van der Waals surface area (Å²) in [6.07, 6.45) is 3.98. The molecule has 19 heavy (non-hydrogen) atoms. The SMILES string of the molecule is O=C(O)c1ccc(OCCc2ccncc2)c(F)c1. The van der Waals surface area contributed by atoms with Crippen LogP contribution in [0, 0.1) is 5.82 Å². The molecule has 0 unspecified atom stereocenters. The number of carbonyl (C=O) groups is 1. The van der Waals surface area contributed by atoms with Crippen LogP contribution in [0.25, 0.3) is 0 Å². The van der Waals surface area contributed by atoms with Gasteiger partial charge < -0.3 is 9.84 Å². The van der Waals surface area contributed by atoms with Gasteiger partial charge >= 0.3 is 5.97 Å². The molecule has 0 spiro atoms. The van der Waals surface area contributed by atoms with Gasteiger partial charge in [-0.3, -0.25) is 4.98 Å². The van der Waals surface area contributed by atoms with Gasteiger partial charge in [0, 0.05) is 18.8 Å². The van der Waals surface area contributed by atoms with Gasteiger partial charge in [0.05, 0.1) is 12.2 Å². The first-order valence-corrected chi connectivity index (χ1v) is 5.71. The summed E-state index contributed by atoms with van der Waals surface area (Å²) in [6.45, 7) is 0.313. The van der Waals surface area contributed by atoms with Crippen molar-refractivity contribution >= 4 is 5.97 Å². The highest BCUT2D eigenvalue weighted by molar-refractivity contribution is 5.87. The van der Waals surface area contributed by atoms with Crippen LogP contribution >= 0.6 is 0 Å². The number of pyridine rings is 1. The second kappa shape index (κ2) is 5.95. The summed E-state index contributed by atoms with van der Waals surface area (Å²) < 4.78 is 18.8. The number of halogens is 1. The maximum atomic E-state index is 13.5. The second-order valence-corrected chi connectivity index (χ2v) is 3.90. The van der Waals surface area contributed by atoms with Crippen LogP contribution in [-0.4, -0.2) is 22.7 Å². The molecule has 0 bridgehead atoms. The van der Waals surface area contributed by atoms with Gasteiger partial charge in [0.25, 0.3) is 0 Å². The van der Waals surface area contributed by atoms with Crippen molar-refractivity contribution in [3.8, 4) is 5.75 Å². The van der Waals surface area contributed by atoms with Gasteiger partial charge in [-0.05, 0) is 35.9 Å². The molecule has 0 atom stereocenters. The average molecular weight is 261 g/mol. The highest BCUT2D eigenvalue weighted by atomic mass is 19.1. The maximum Gasteiger partial charge on any atom is 0.335 e. The lowest BCUT2D eigenvalue weighted by molar-refractivity contribution is 0.0696. The third-order valence-corrected chi connectivity index (χ3v) is 2.58. The molecule has 0 amide bonds. The maximum absolute atomic E-state index is 13.5. The molecule has 5 heteroatoms. The van der Waals surface area contributed by atoms with E-state index in [4.69, 9.17) is 9.84 Å². The number of hydrogen-bond acceptors (Lipinski definition) is 3. The lowest BCUT2D eigenvalue weighted by atomic mass is 10.2. The molecule has 1 aromatic carbocycles. The number of hydrogen-bond donors (Lipinski definition) is 1. The van der Waals surface area contributed by atoms with Crippen LogP contribution in [0.15, 0.2) is 42.7 Å². The molecular weight excluding hydrogens is 249 g/mol. The summed E-state index contributed by atoms with van der Waals surface area (Å²) >= 11 is 0. The zero-order valence-electron chi connectivity index (χ0n) is 10.0. The Kier molecular flexibility index (Phi) is 4.07. The zero-order chi connectivity index (χ0) is 13.7. The molecule has 98 valence electrons. The normalized spacial score (nSPS) is 10.2. The topological polar surface area (TPSA) is 59.4 Å². The average Bonchev–Trinajstić information content (AvgIpc) is 2.41. The van der Waals surface area contributed by atoms with E-state index in [9.17, 15) is 9.18 Å². The molecule has 0 radical (unpaired) electrons. The minimum atomic E-state index is -1.16. The van der Waals surface area contributed by atoms with Crippen molar-refractivity contribution in [3.63, 3.8) is 0 Å². The van der Waals surface area contributed by atoms with Crippen LogP contribution in [-0.2, 0) is 6.42 Å².